The van der Waals surface area contributed by atoms with Crippen LogP contribution in [0, 0.1) is 0 Å². The van der Waals surface area contributed by atoms with Gasteiger partial charge in [-0.05, 0) is 54.4 Å². The molecule has 0 bridgehead atoms. The predicted molar refractivity (Wildman–Crippen MR) is 79.0 cm³/mol. The Balaban J connectivity index is 2.08. The highest BCUT2D eigenvalue weighted by Crippen LogP contribution is 2.29. The lowest BCUT2D eigenvalue weighted by atomic mass is 10.1. The Labute approximate surface area is 117 Å². The number of nitrogens with one attached hydrogen (secondary N) is 1. The summed E-state index contributed by atoms with van der Waals surface area (Å²) in [6.45, 7) is 4.70. The van der Waals surface area contributed by atoms with E-state index in [1.54, 1.807) is 11.3 Å². The lowest BCUT2D eigenvalue weighted by molar-refractivity contribution is 0.340. The quantitative estimate of drug-likeness (QED) is 0.835. The summed E-state index contributed by atoms with van der Waals surface area (Å²) in [4.78, 5) is 0. The maximum Gasteiger partial charge on any atom is 0.138 e. The molecule has 0 fully saturated rings. The minimum Gasteiger partial charge on any atom is -0.492 e. The average Bonchev–Trinajstić information content (AvgIpc) is 2.86. The van der Waals surface area contributed by atoms with E-state index in [4.69, 9.17) is 16.3 Å². The molecule has 0 aliphatic heterocycles. The fraction of sp³-hybridized carbons (Fsp3) is 0.286. The highest BCUT2D eigenvalue weighted by molar-refractivity contribution is 7.07. The number of hydrogen-bond donors (Lipinski definition) is 1. The average molecular weight is 282 g/mol. The Morgan fingerprint density at radius 1 is 1.39 bits per heavy atom. The summed E-state index contributed by atoms with van der Waals surface area (Å²) in [5.41, 5.74) is 2.28. The molecule has 0 amide bonds. The van der Waals surface area contributed by atoms with Gasteiger partial charge in [0.25, 0.3) is 0 Å². The summed E-state index contributed by atoms with van der Waals surface area (Å²) in [6, 6.07) is 8.17. The fourth-order valence-corrected chi connectivity index (χ4v) is 2.71. The van der Waals surface area contributed by atoms with Crippen LogP contribution in [0.2, 0.25) is 5.02 Å². The maximum absolute atomic E-state index is 6.15. The number of ether oxygens (including phenoxy) is 1. The number of halogens is 1. The summed E-state index contributed by atoms with van der Waals surface area (Å²) in [5.74, 6) is 0.730. The van der Waals surface area contributed by atoms with Gasteiger partial charge in [-0.1, -0.05) is 11.6 Å². The molecule has 0 aliphatic carbocycles. The Bertz CT molecular complexity index is 499. The van der Waals surface area contributed by atoms with Gasteiger partial charge < -0.3 is 10.1 Å². The first-order valence-corrected chi connectivity index (χ1v) is 7.23. The molecule has 1 aromatic heterocycles. The third-order valence-electron chi connectivity index (χ3n) is 2.66. The number of rotatable bonds is 5. The number of anilines is 1. The first-order chi connectivity index (χ1) is 8.70. The minimum atomic E-state index is 0.269. The van der Waals surface area contributed by atoms with Crippen LogP contribution in [0.25, 0.3) is 0 Å². The maximum atomic E-state index is 6.15. The van der Waals surface area contributed by atoms with E-state index in [9.17, 15) is 0 Å². The van der Waals surface area contributed by atoms with Crippen LogP contribution in [0.15, 0.2) is 35.0 Å². The smallest absolute Gasteiger partial charge is 0.138 e. The normalized spacial score (nSPS) is 12.2. The Kier molecular flexibility index (Phi) is 4.50. The third-order valence-corrected chi connectivity index (χ3v) is 3.65. The van der Waals surface area contributed by atoms with Crippen LogP contribution in [-0.2, 0) is 0 Å². The van der Waals surface area contributed by atoms with Crippen molar-refractivity contribution in [1.29, 1.82) is 0 Å². The molecule has 0 radical (unpaired) electrons. The van der Waals surface area contributed by atoms with E-state index in [1.807, 2.05) is 25.1 Å². The van der Waals surface area contributed by atoms with Crippen molar-refractivity contribution in [3.8, 4) is 5.75 Å². The molecule has 1 N–H and O–H groups in total. The molecule has 0 saturated heterocycles. The molecule has 4 heteroatoms. The zero-order valence-corrected chi connectivity index (χ0v) is 12.0. The Morgan fingerprint density at radius 3 is 2.83 bits per heavy atom. The lowest BCUT2D eigenvalue weighted by Gasteiger charge is -2.15. The van der Waals surface area contributed by atoms with Crippen molar-refractivity contribution in [3.63, 3.8) is 0 Å². The van der Waals surface area contributed by atoms with Crippen LogP contribution in [0.4, 0.5) is 5.69 Å². The van der Waals surface area contributed by atoms with E-state index in [0.29, 0.717) is 11.6 Å². The third kappa shape index (κ3) is 3.18. The van der Waals surface area contributed by atoms with Crippen molar-refractivity contribution >= 4 is 28.6 Å². The molecular weight excluding hydrogens is 266 g/mol. The summed E-state index contributed by atoms with van der Waals surface area (Å²) in [5, 5.41) is 8.29. The molecule has 0 saturated carbocycles. The fourth-order valence-electron chi connectivity index (χ4n) is 1.72. The number of hydrogen-bond acceptors (Lipinski definition) is 3. The van der Waals surface area contributed by atoms with Crippen LogP contribution in [0.5, 0.6) is 5.75 Å². The van der Waals surface area contributed by atoms with Crippen LogP contribution in [-0.4, -0.2) is 6.61 Å². The largest absolute Gasteiger partial charge is 0.492 e. The minimum absolute atomic E-state index is 0.269. The molecule has 96 valence electrons. The monoisotopic (exact) mass is 281 g/mol. The highest BCUT2D eigenvalue weighted by atomic mass is 35.5. The SMILES string of the molecule is CCOc1ccc(NC(C)c2ccsc2)cc1Cl. The van der Waals surface area contributed by atoms with Crippen molar-refractivity contribution < 1.29 is 4.74 Å². The number of benzene rings is 1. The van der Waals surface area contributed by atoms with Crippen molar-refractivity contribution in [1.82, 2.24) is 0 Å². The summed E-state index contributed by atoms with van der Waals surface area (Å²) >= 11 is 7.86. The second kappa shape index (κ2) is 6.12. The summed E-state index contributed by atoms with van der Waals surface area (Å²) < 4.78 is 5.41. The van der Waals surface area contributed by atoms with Crippen LogP contribution in [0.1, 0.15) is 25.5 Å². The van der Waals surface area contributed by atoms with E-state index in [0.717, 1.165) is 11.4 Å². The zero-order chi connectivity index (χ0) is 13.0. The van der Waals surface area contributed by atoms with Gasteiger partial charge in [0.05, 0.1) is 11.6 Å². The van der Waals surface area contributed by atoms with Gasteiger partial charge in [0.2, 0.25) is 0 Å². The van der Waals surface area contributed by atoms with Gasteiger partial charge in [-0.3, -0.25) is 0 Å². The van der Waals surface area contributed by atoms with Crippen LogP contribution in [0.3, 0.4) is 0 Å². The first-order valence-electron chi connectivity index (χ1n) is 5.91. The second-order valence-corrected chi connectivity index (χ2v) is 5.19. The highest BCUT2D eigenvalue weighted by Gasteiger charge is 2.07. The van der Waals surface area contributed by atoms with Gasteiger partial charge in [0.1, 0.15) is 5.75 Å². The molecule has 2 nitrogen and oxygen atoms in total. The topological polar surface area (TPSA) is 21.3 Å². The molecule has 2 aromatic rings. The van der Waals surface area contributed by atoms with Gasteiger partial charge in [0.15, 0.2) is 0 Å². The molecular formula is C14H16ClNOS. The van der Waals surface area contributed by atoms with Gasteiger partial charge in [-0.2, -0.15) is 11.3 Å². The molecule has 0 spiro atoms. The van der Waals surface area contributed by atoms with Crippen LogP contribution >= 0.6 is 22.9 Å². The zero-order valence-electron chi connectivity index (χ0n) is 10.4. The van der Waals surface area contributed by atoms with E-state index in [2.05, 4.69) is 29.1 Å². The molecule has 1 aromatic carbocycles. The Hall–Kier alpha value is -1.19. The van der Waals surface area contributed by atoms with Crippen molar-refractivity contribution in [2.75, 3.05) is 11.9 Å². The van der Waals surface area contributed by atoms with Gasteiger partial charge >= 0.3 is 0 Å². The van der Waals surface area contributed by atoms with Gasteiger partial charge in [0, 0.05) is 11.7 Å². The predicted octanol–water partition coefficient (Wildman–Crippen LogP) is 4.97. The van der Waals surface area contributed by atoms with Gasteiger partial charge in [-0.15, -0.1) is 0 Å². The molecule has 1 unspecified atom stereocenters. The molecule has 2 rings (SSSR count). The van der Waals surface area contributed by atoms with Crippen molar-refractivity contribution in [2.24, 2.45) is 0 Å². The first kappa shape index (κ1) is 13.2. The molecule has 18 heavy (non-hydrogen) atoms. The van der Waals surface area contributed by atoms with E-state index in [-0.39, 0.29) is 6.04 Å². The standard InChI is InChI=1S/C14H16ClNOS/c1-3-17-14-5-4-12(8-13(14)15)16-10(2)11-6-7-18-9-11/h4-10,16H,3H2,1-2H3. The number of thiophene rings is 1. The van der Waals surface area contributed by atoms with E-state index < -0.39 is 0 Å². The van der Waals surface area contributed by atoms with Crippen molar-refractivity contribution in [2.45, 2.75) is 19.9 Å². The summed E-state index contributed by atoms with van der Waals surface area (Å²) in [7, 11) is 0. The van der Waals surface area contributed by atoms with Crippen LogP contribution < -0.4 is 10.1 Å². The second-order valence-electron chi connectivity index (χ2n) is 4.00. The van der Waals surface area contributed by atoms with E-state index >= 15 is 0 Å². The molecule has 0 aliphatic rings. The molecule has 1 atom stereocenters. The molecule has 1 heterocycles. The van der Waals surface area contributed by atoms with Crippen molar-refractivity contribution in [3.05, 3.63) is 45.6 Å². The van der Waals surface area contributed by atoms with E-state index in [1.165, 1.54) is 5.56 Å². The Morgan fingerprint density at radius 2 is 2.22 bits per heavy atom. The summed E-state index contributed by atoms with van der Waals surface area (Å²) in [6.07, 6.45) is 0. The van der Waals surface area contributed by atoms with Gasteiger partial charge in [-0.25, -0.2) is 0 Å². The lowest BCUT2D eigenvalue weighted by Crippen LogP contribution is -2.05.